The Bertz CT molecular complexity index is 2680. The molecule has 0 radical (unpaired) electrons. The summed E-state index contributed by atoms with van der Waals surface area (Å²) in [6, 6.07) is 7.81. The Hall–Kier alpha value is -6.48. The van der Waals surface area contributed by atoms with Crippen molar-refractivity contribution in [3.63, 3.8) is 0 Å². The van der Waals surface area contributed by atoms with Gasteiger partial charge in [0.2, 0.25) is 11.5 Å². The summed E-state index contributed by atoms with van der Waals surface area (Å²) in [5.41, 5.74) is 9.32. The Morgan fingerprint density at radius 3 is 1.19 bits per heavy atom. The number of ether oxygens (including phenoxy) is 9. The van der Waals surface area contributed by atoms with Crippen LogP contribution in [0.3, 0.4) is 0 Å². The van der Waals surface area contributed by atoms with E-state index in [1.54, 1.807) is 115 Å². The van der Waals surface area contributed by atoms with Gasteiger partial charge >= 0.3 is 101 Å². The third-order valence-corrected chi connectivity index (χ3v) is 10.7. The largest absolute Gasteiger partial charge is 1.00 e. The van der Waals surface area contributed by atoms with Crippen molar-refractivity contribution >= 4 is 82.8 Å². The molecule has 4 aromatic rings. The second-order valence-electron chi connectivity index (χ2n) is 17.7. The van der Waals surface area contributed by atoms with E-state index in [4.69, 9.17) is 77.7 Å². The minimum absolute atomic E-state index is 0. The van der Waals surface area contributed by atoms with Crippen molar-refractivity contribution < 1.29 is 153 Å². The number of anilines is 2. The van der Waals surface area contributed by atoms with Crippen LogP contribution in [0.25, 0.3) is 0 Å². The van der Waals surface area contributed by atoms with Crippen LogP contribution in [0.15, 0.2) is 55.1 Å². The van der Waals surface area contributed by atoms with Crippen LogP contribution >= 0.6 is 23.2 Å². The number of carbonyl (C=O) groups excluding carboxylic acids is 5. The molecule has 0 spiro atoms. The average Bonchev–Trinajstić information content (AvgIpc) is 0.913. The summed E-state index contributed by atoms with van der Waals surface area (Å²) < 4.78 is 44.8. The van der Waals surface area contributed by atoms with Crippen LogP contribution in [0.2, 0.25) is 0 Å². The first-order chi connectivity index (χ1) is 40.7. The Kier molecular flexibility index (Phi) is 53.8. The normalized spacial score (nSPS) is 11.1. The molecule has 30 nitrogen and oxygen atoms in total. The zero-order valence-electron chi connectivity index (χ0n) is 56.7. The van der Waals surface area contributed by atoms with Gasteiger partial charge in [-0.1, -0.05) is 0 Å². The number of rotatable bonds is 23. The third kappa shape index (κ3) is 35.2. The van der Waals surface area contributed by atoms with Gasteiger partial charge in [-0.2, -0.15) is 0 Å². The van der Waals surface area contributed by atoms with Gasteiger partial charge in [-0.3, -0.25) is 24.0 Å². The summed E-state index contributed by atoms with van der Waals surface area (Å²) in [7, 11) is 0. The number of aliphatic hydroxyl groups is 1. The zero-order chi connectivity index (χ0) is 67.7. The fourth-order valence-corrected chi connectivity index (χ4v) is 5.91. The van der Waals surface area contributed by atoms with E-state index >= 15 is 0 Å². The zero-order valence-corrected chi connectivity index (χ0v) is 60.3. The average molecular weight is 1340 g/mol. The van der Waals surface area contributed by atoms with Crippen molar-refractivity contribution in [3.05, 3.63) is 92.0 Å². The van der Waals surface area contributed by atoms with Crippen LogP contribution in [-0.2, 0) is 68.9 Å². The van der Waals surface area contributed by atoms with E-state index in [1.807, 2.05) is 6.92 Å². The number of nitrogens with zero attached hydrogens (tertiary/aromatic N) is 6. The summed E-state index contributed by atoms with van der Waals surface area (Å²) in [4.78, 5) is 99.9. The molecule has 0 amide bonds. The van der Waals surface area contributed by atoms with Gasteiger partial charge < -0.3 is 93.5 Å². The van der Waals surface area contributed by atoms with Crippen molar-refractivity contribution in [2.75, 3.05) is 70.9 Å². The first-order valence-corrected chi connectivity index (χ1v) is 27.8. The second-order valence-corrected chi connectivity index (χ2v) is 19.0. The fraction of sp³-hybridized carbons (Fsp3) is 0.536. The molecule has 500 valence electrons. The molecule has 3 unspecified atom stereocenters. The predicted octanol–water partition coefficient (Wildman–Crippen LogP) is 2.80. The van der Waals surface area contributed by atoms with Crippen molar-refractivity contribution in [1.29, 1.82) is 0 Å². The minimum Gasteiger partial charge on any atom is -1.00 e. The van der Waals surface area contributed by atoms with Gasteiger partial charge in [0.05, 0.1) is 70.3 Å². The van der Waals surface area contributed by atoms with Crippen molar-refractivity contribution in [3.8, 4) is 23.0 Å². The van der Waals surface area contributed by atoms with Crippen LogP contribution in [-0.4, -0.2) is 147 Å². The fourth-order valence-electron chi connectivity index (χ4n) is 5.79. The van der Waals surface area contributed by atoms with Gasteiger partial charge in [-0.15, -0.1) is 23.2 Å². The van der Waals surface area contributed by atoms with E-state index in [-0.39, 0.29) is 147 Å². The third-order valence-electron chi connectivity index (χ3n) is 10.4. The van der Waals surface area contributed by atoms with Gasteiger partial charge in [0.25, 0.3) is 6.47 Å². The number of carboxylic acid groups (broad SMARTS) is 1. The smallest absolute Gasteiger partial charge is 1.00 e. The molecule has 9 N–H and O–H groups in total. The summed E-state index contributed by atoms with van der Waals surface area (Å²) in [6.45, 7) is 30.1. The molecule has 4 rings (SSSR count). The second kappa shape index (κ2) is 51.2. The molecular weight excluding hydrogens is 1250 g/mol. The molecule has 0 saturated carbocycles. The monoisotopic (exact) mass is 1340 g/mol. The molecule has 0 aliphatic rings. The quantitative estimate of drug-likeness (QED) is 0.0136. The molecule has 0 aliphatic heterocycles. The molecule has 0 aliphatic carbocycles. The molecule has 3 atom stereocenters. The Labute approximate surface area is 582 Å². The number of nitrogen functional groups attached to an aromatic ring is 2. The van der Waals surface area contributed by atoms with Crippen LogP contribution < -0.4 is 95.7 Å². The number of hydrogen-bond acceptors (Lipinski definition) is 27. The van der Waals surface area contributed by atoms with E-state index < -0.39 is 49.0 Å². The Balaban J connectivity index is -0.000000154. The van der Waals surface area contributed by atoms with Crippen molar-refractivity contribution in [1.82, 2.24) is 26.1 Å². The number of nitro groups is 2. The molecule has 4 aromatic heterocycles. The molecule has 90 heavy (non-hydrogen) atoms. The van der Waals surface area contributed by atoms with Crippen molar-refractivity contribution in [2.24, 2.45) is 0 Å². The van der Waals surface area contributed by atoms with E-state index in [9.17, 15) is 49.3 Å². The number of nitrogens with two attached hydrogens (primary N) is 2. The molecule has 0 fully saturated rings. The Morgan fingerprint density at radius 2 is 0.856 bits per heavy atom. The predicted molar refractivity (Wildman–Crippen MR) is 329 cm³/mol. The standard InChI is InChI=1S/C13H18N2O5.C13H20N2O3.C12H18N2O4.C7H8N2O3.2C5H9ClO2.CH2O2.H3N.2Na.2H/c1-5-19-10-7-9(8-14-11(10)15(17)18)13(3,4)12(16)20-6-2;1-5-17-10-7-9(8-15-11(10)14)13(3,4)12(16)18-6-2;1-4-17-9-6-8(7-14-10(9)13)12(3,16)11(15)18-5-2;1-2-12-6-4-3-5-8-7(6)9(10)11;2*1-3-8-5(7)4(2)6;2-1-3;;;;;/h7-8H,5-6H2,1-4H3;7-8H,5-6H2,1-4H3,(H2,14,15);6-7,16H,4-5H2,1-3H3,(H2,13,14);3-5H,2H2,1H3;2*4H,3H2,1-2H3;1H,(H,2,3);1H3;;;;/q;;;;;;;;2*+1;2*-1. The molecule has 0 bridgehead atoms. The summed E-state index contributed by atoms with van der Waals surface area (Å²) >= 11 is 10.7. The van der Waals surface area contributed by atoms with E-state index in [2.05, 4.69) is 29.4 Å². The van der Waals surface area contributed by atoms with Gasteiger partial charge in [-0.25, -0.2) is 14.8 Å². The molecule has 4 heterocycles. The topological polar surface area (TPSA) is 451 Å². The minimum atomic E-state index is -1.78. The van der Waals surface area contributed by atoms with Gasteiger partial charge in [0, 0.05) is 23.5 Å². The van der Waals surface area contributed by atoms with Gasteiger partial charge in [0.1, 0.15) is 23.1 Å². The first kappa shape index (κ1) is 94.6. The maximum absolute atomic E-state index is 11.9. The number of pyridine rings is 4. The summed E-state index contributed by atoms with van der Waals surface area (Å²) in [6.07, 6.45) is 5.57. The van der Waals surface area contributed by atoms with Crippen LogP contribution in [0.4, 0.5) is 23.3 Å². The van der Waals surface area contributed by atoms with Crippen LogP contribution in [0, 0.1) is 20.2 Å². The number of halogens is 2. The number of hydrogen-bond donors (Lipinski definition) is 5. The molecule has 0 aromatic carbocycles. The molecule has 34 heteroatoms. The summed E-state index contributed by atoms with van der Waals surface area (Å²) in [5, 5.41) is 37.2. The number of esters is 5. The number of alkyl halides is 2. The van der Waals surface area contributed by atoms with Gasteiger partial charge in [-0.05, 0) is 166 Å². The van der Waals surface area contributed by atoms with E-state index in [0.717, 1.165) is 5.56 Å². The number of carbonyl (C=O) groups is 6. The van der Waals surface area contributed by atoms with Crippen LogP contribution in [0.5, 0.6) is 23.0 Å². The molecule has 0 saturated heterocycles. The molecular formula is C56H89Cl2N9Na2O21. The van der Waals surface area contributed by atoms with E-state index in [0.29, 0.717) is 62.5 Å². The first-order valence-electron chi connectivity index (χ1n) is 26.9. The maximum Gasteiger partial charge on any atom is 1.00 e. The van der Waals surface area contributed by atoms with Gasteiger partial charge in [0.15, 0.2) is 28.7 Å². The Morgan fingerprint density at radius 1 is 0.556 bits per heavy atom. The number of aromatic nitrogens is 4. The van der Waals surface area contributed by atoms with E-state index in [1.165, 1.54) is 43.7 Å². The maximum atomic E-state index is 11.9. The van der Waals surface area contributed by atoms with Crippen LogP contribution in [0.1, 0.15) is 130 Å². The van der Waals surface area contributed by atoms with Crippen molar-refractivity contribution in [2.45, 2.75) is 138 Å². The summed E-state index contributed by atoms with van der Waals surface area (Å²) in [5.74, 6) is -1.14. The SMILES string of the molecule is CCOC(=O)C(C)(C)c1cnc(N)c(OCC)c1.CCOC(=O)C(C)(C)c1cnc([N+](=O)[O-])c(OCC)c1.CCOC(=O)C(C)(O)c1cnc(N)c(OCC)c1.CCOC(=O)C(C)Cl.CCOC(=O)C(C)Cl.CCOc1cccnc1[N+](=O)[O-].N.O=CO.[H-].[H-].[Na+].[Na+].